The van der Waals surface area contributed by atoms with Crippen LogP contribution in [0.2, 0.25) is 0 Å². The highest BCUT2D eigenvalue weighted by atomic mass is 16.2. The van der Waals surface area contributed by atoms with Gasteiger partial charge in [0.15, 0.2) is 5.96 Å². The summed E-state index contributed by atoms with van der Waals surface area (Å²) in [6.45, 7) is 9.98. The Labute approximate surface area is 180 Å². The number of hydrogen-bond donors (Lipinski definition) is 1. The van der Waals surface area contributed by atoms with E-state index in [1.165, 1.54) is 5.69 Å². The molecule has 3 rings (SSSR count). The van der Waals surface area contributed by atoms with Crippen LogP contribution in [0, 0.1) is 0 Å². The first-order chi connectivity index (χ1) is 14.7. The number of rotatable bonds is 6. The summed E-state index contributed by atoms with van der Waals surface area (Å²) < 4.78 is 0. The quantitative estimate of drug-likeness (QED) is 0.591. The van der Waals surface area contributed by atoms with Gasteiger partial charge in [-0.05, 0) is 43.7 Å². The van der Waals surface area contributed by atoms with Crippen LogP contribution >= 0.6 is 0 Å². The number of nitrogens with one attached hydrogen (secondary N) is 1. The van der Waals surface area contributed by atoms with Crippen molar-refractivity contribution in [3.05, 3.63) is 65.7 Å². The van der Waals surface area contributed by atoms with Gasteiger partial charge in [-0.1, -0.05) is 30.3 Å². The maximum absolute atomic E-state index is 12.4. The second kappa shape index (κ2) is 10.7. The molecule has 1 fully saturated rings. The molecule has 1 saturated heterocycles. The van der Waals surface area contributed by atoms with Crippen LogP contribution in [0.4, 0.5) is 5.69 Å². The third-order valence-electron chi connectivity index (χ3n) is 5.61. The molecule has 0 unspecified atom stereocenters. The topological polar surface area (TPSA) is 51.2 Å². The van der Waals surface area contributed by atoms with Gasteiger partial charge in [-0.2, -0.15) is 0 Å². The summed E-state index contributed by atoms with van der Waals surface area (Å²) in [4.78, 5) is 23.5. The summed E-state index contributed by atoms with van der Waals surface area (Å²) in [5, 5.41) is 3.47. The molecule has 2 aromatic carbocycles. The standard InChI is InChI=1S/C24H33N5O/c1-4-27(5-2)23(30)21-13-11-20(12-14-21)19-26-24(25-3)29-17-15-28(16-18-29)22-9-7-6-8-10-22/h6-14H,4-5,15-19H2,1-3H3,(H,25,26). The van der Waals surface area contributed by atoms with Gasteiger partial charge in [0.2, 0.25) is 0 Å². The van der Waals surface area contributed by atoms with Gasteiger partial charge in [0.1, 0.15) is 0 Å². The molecule has 0 aliphatic carbocycles. The van der Waals surface area contributed by atoms with Crippen molar-refractivity contribution in [1.82, 2.24) is 15.1 Å². The Morgan fingerprint density at radius 3 is 2.17 bits per heavy atom. The van der Waals surface area contributed by atoms with Crippen LogP contribution in [-0.2, 0) is 6.54 Å². The van der Waals surface area contributed by atoms with Gasteiger partial charge < -0.3 is 20.0 Å². The molecule has 0 aromatic heterocycles. The van der Waals surface area contributed by atoms with Crippen molar-refractivity contribution in [2.45, 2.75) is 20.4 Å². The molecule has 0 bridgehead atoms. The zero-order chi connectivity index (χ0) is 21.3. The molecule has 1 heterocycles. The fourth-order valence-electron chi connectivity index (χ4n) is 3.79. The van der Waals surface area contributed by atoms with Crippen molar-refractivity contribution in [1.29, 1.82) is 0 Å². The van der Waals surface area contributed by atoms with Gasteiger partial charge in [-0.25, -0.2) is 0 Å². The Morgan fingerprint density at radius 2 is 1.60 bits per heavy atom. The first-order valence-corrected chi connectivity index (χ1v) is 10.8. The zero-order valence-corrected chi connectivity index (χ0v) is 18.3. The molecule has 0 spiro atoms. The molecule has 160 valence electrons. The van der Waals surface area contributed by atoms with E-state index in [9.17, 15) is 4.79 Å². The molecule has 1 amide bonds. The predicted octanol–water partition coefficient (Wildman–Crippen LogP) is 3.07. The zero-order valence-electron chi connectivity index (χ0n) is 18.3. The summed E-state index contributed by atoms with van der Waals surface area (Å²) in [6, 6.07) is 18.4. The van der Waals surface area contributed by atoms with Gasteiger partial charge >= 0.3 is 0 Å². The van der Waals surface area contributed by atoms with Crippen LogP contribution in [-0.4, -0.2) is 68.0 Å². The minimum Gasteiger partial charge on any atom is -0.368 e. The van der Waals surface area contributed by atoms with E-state index in [0.29, 0.717) is 6.54 Å². The second-order valence-electron chi connectivity index (χ2n) is 7.38. The lowest BCUT2D eigenvalue weighted by molar-refractivity contribution is 0.0773. The molecule has 6 nitrogen and oxygen atoms in total. The van der Waals surface area contributed by atoms with Crippen LogP contribution in [0.25, 0.3) is 0 Å². The van der Waals surface area contributed by atoms with Crippen LogP contribution < -0.4 is 10.2 Å². The largest absolute Gasteiger partial charge is 0.368 e. The summed E-state index contributed by atoms with van der Waals surface area (Å²) in [5.41, 5.74) is 3.15. The first-order valence-electron chi connectivity index (χ1n) is 10.8. The molecule has 2 aromatic rings. The lowest BCUT2D eigenvalue weighted by atomic mass is 10.1. The Morgan fingerprint density at radius 1 is 0.967 bits per heavy atom. The monoisotopic (exact) mass is 407 g/mol. The SMILES string of the molecule is CCN(CC)C(=O)c1ccc(CNC(=NC)N2CCN(c3ccccc3)CC2)cc1. The lowest BCUT2D eigenvalue weighted by Gasteiger charge is -2.37. The van der Waals surface area contributed by atoms with E-state index in [1.807, 2.05) is 50.1 Å². The molecule has 6 heteroatoms. The fourth-order valence-corrected chi connectivity index (χ4v) is 3.79. The van der Waals surface area contributed by atoms with Gasteiger partial charge in [-0.3, -0.25) is 9.79 Å². The summed E-state index contributed by atoms with van der Waals surface area (Å²) >= 11 is 0. The smallest absolute Gasteiger partial charge is 0.253 e. The second-order valence-corrected chi connectivity index (χ2v) is 7.38. The number of amides is 1. The number of guanidine groups is 1. The maximum Gasteiger partial charge on any atom is 0.253 e. The van der Waals surface area contributed by atoms with Crippen molar-refractivity contribution in [2.24, 2.45) is 4.99 Å². The highest BCUT2D eigenvalue weighted by Crippen LogP contribution is 2.15. The van der Waals surface area contributed by atoms with E-state index >= 15 is 0 Å². The highest BCUT2D eigenvalue weighted by molar-refractivity contribution is 5.94. The first kappa shape index (κ1) is 21.7. The average Bonchev–Trinajstić information content (AvgIpc) is 2.81. The third kappa shape index (κ3) is 5.32. The molecular weight excluding hydrogens is 374 g/mol. The van der Waals surface area contributed by atoms with E-state index in [2.05, 4.69) is 50.4 Å². The minimum absolute atomic E-state index is 0.0894. The molecule has 0 saturated carbocycles. The number of carbonyl (C=O) groups excluding carboxylic acids is 1. The predicted molar refractivity (Wildman–Crippen MR) is 124 cm³/mol. The normalized spacial score (nSPS) is 14.6. The van der Waals surface area contributed by atoms with Crippen LogP contribution in [0.1, 0.15) is 29.8 Å². The number of nitrogens with zero attached hydrogens (tertiary/aromatic N) is 4. The Kier molecular flexibility index (Phi) is 7.71. The van der Waals surface area contributed by atoms with E-state index in [4.69, 9.17) is 0 Å². The average molecular weight is 408 g/mol. The molecule has 1 aliphatic rings. The maximum atomic E-state index is 12.4. The molecule has 30 heavy (non-hydrogen) atoms. The highest BCUT2D eigenvalue weighted by Gasteiger charge is 2.19. The van der Waals surface area contributed by atoms with E-state index in [0.717, 1.165) is 56.4 Å². The van der Waals surface area contributed by atoms with Crippen molar-refractivity contribution in [2.75, 3.05) is 51.2 Å². The molecular formula is C24H33N5O. The molecule has 1 aliphatic heterocycles. The number of para-hydroxylation sites is 1. The molecule has 1 N–H and O–H groups in total. The number of benzene rings is 2. The molecule has 0 atom stereocenters. The lowest BCUT2D eigenvalue weighted by Crippen LogP contribution is -2.52. The fraction of sp³-hybridized carbons (Fsp3) is 0.417. The van der Waals surface area contributed by atoms with E-state index in [-0.39, 0.29) is 5.91 Å². The van der Waals surface area contributed by atoms with Crippen molar-refractivity contribution in [3.8, 4) is 0 Å². The minimum atomic E-state index is 0.0894. The van der Waals surface area contributed by atoms with Crippen molar-refractivity contribution < 1.29 is 4.79 Å². The van der Waals surface area contributed by atoms with Gasteiger partial charge in [0, 0.05) is 64.1 Å². The number of aliphatic imine (C=N–C) groups is 1. The van der Waals surface area contributed by atoms with Gasteiger partial charge in [-0.15, -0.1) is 0 Å². The number of anilines is 1. The summed E-state index contributed by atoms with van der Waals surface area (Å²) in [6.07, 6.45) is 0. The Bertz CT molecular complexity index is 822. The summed E-state index contributed by atoms with van der Waals surface area (Å²) in [5.74, 6) is 1.01. The summed E-state index contributed by atoms with van der Waals surface area (Å²) in [7, 11) is 1.83. The van der Waals surface area contributed by atoms with Crippen molar-refractivity contribution >= 4 is 17.6 Å². The molecule has 0 radical (unpaired) electrons. The van der Waals surface area contributed by atoms with Crippen LogP contribution in [0.15, 0.2) is 59.6 Å². The number of carbonyl (C=O) groups is 1. The third-order valence-corrected chi connectivity index (χ3v) is 5.61. The number of piperazine rings is 1. The number of hydrogen-bond acceptors (Lipinski definition) is 3. The van der Waals surface area contributed by atoms with Crippen LogP contribution in [0.3, 0.4) is 0 Å². The Balaban J connectivity index is 1.52. The van der Waals surface area contributed by atoms with Gasteiger partial charge in [0.05, 0.1) is 0 Å². The van der Waals surface area contributed by atoms with Gasteiger partial charge in [0.25, 0.3) is 5.91 Å². The van der Waals surface area contributed by atoms with E-state index < -0.39 is 0 Å². The Hall–Kier alpha value is -3.02. The van der Waals surface area contributed by atoms with Crippen molar-refractivity contribution in [3.63, 3.8) is 0 Å². The van der Waals surface area contributed by atoms with E-state index in [1.54, 1.807) is 0 Å². The van der Waals surface area contributed by atoms with Crippen LogP contribution in [0.5, 0.6) is 0 Å².